The molecule has 0 aliphatic carbocycles. The Morgan fingerprint density at radius 1 is 1.00 bits per heavy atom. The Morgan fingerprint density at radius 3 is 2.39 bits per heavy atom. The summed E-state index contributed by atoms with van der Waals surface area (Å²) in [6.07, 6.45) is 1.54. The summed E-state index contributed by atoms with van der Waals surface area (Å²) in [7, 11) is 0. The molecule has 5 nitrogen and oxygen atoms in total. The molecule has 0 aromatic heterocycles. The van der Waals surface area contributed by atoms with Crippen LogP contribution < -0.4 is 14.8 Å². The number of nitrogens with one attached hydrogen (secondary N) is 1. The SMILES string of the molecule is CCOc1ccc(NC(=O)/C(C#N)=C/c2ccccc2OCc2ccc(C)cc2)cc1. The van der Waals surface area contributed by atoms with E-state index in [0.29, 0.717) is 30.2 Å². The van der Waals surface area contributed by atoms with Gasteiger partial charge in [0, 0.05) is 11.3 Å². The average Bonchev–Trinajstić information content (AvgIpc) is 2.79. The fourth-order valence-corrected chi connectivity index (χ4v) is 2.88. The van der Waals surface area contributed by atoms with Crippen molar-refractivity contribution in [2.45, 2.75) is 20.5 Å². The molecule has 0 bridgehead atoms. The van der Waals surface area contributed by atoms with E-state index in [2.05, 4.69) is 5.32 Å². The van der Waals surface area contributed by atoms with Crippen LogP contribution >= 0.6 is 0 Å². The molecule has 0 unspecified atom stereocenters. The number of hydrogen-bond donors (Lipinski definition) is 1. The summed E-state index contributed by atoms with van der Waals surface area (Å²) in [6.45, 7) is 4.90. The van der Waals surface area contributed by atoms with Gasteiger partial charge in [0.15, 0.2) is 0 Å². The second-order valence-electron chi connectivity index (χ2n) is 6.89. The van der Waals surface area contributed by atoms with E-state index >= 15 is 0 Å². The van der Waals surface area contributed by atoms with Gasteiger partial charge in [-0.1, -0.05) is 48.0 Å². The van der Waals surface area contributed by atoms with E-state index in [-0.39, 0.29) is 5.57 Å². The Kier molecular flexibility index (Phi) is 7.45. The molecule has 0 fully saturated rings. The van der Waals surface area contributed by atoms with Crippen LogP contribution in [-0.2, 0) is 11.4 Å². The van der Waals surface area contributed by atoms with Crippen molar-refractivity contribution in [1.82, 2.24) is 0 Å². The second kappa shape index (κ2) is 10.7. The van der Waals surface area contributed by atoms with E-state index in [1.54, 1.807) is 24.3 Å². The number of benzene rings is 3. The van der Waals surface area contributed by atoms with Gasteiger partial charge in [-0.05, 0) is 55.8 Å². The molecule has 156 valence electrons. The summed E-state index contributed by atoms with van der Waals surface area (Å²) in [5.74, 6) is 0.834. The number of anilines is 1. The van der Waals surface area contributed by atoms with E-state index < -0.39 is 5.91 Å². The van der Waals surface area contributed by atoms with Crippen LogP contribution in [0, 0.1) is 18.3 Å². The molecular weight excluding hydrogens is 388 g/mol. The van der Waals surface area contributed by atoms with Gasteiger partial charge >= 0.3 is 0 Å². The third kappa shape index (κ3) is 6.22. The van der Waals surface area contributed by atoms with E-state index in [1.807, 2.05) is 68.4 Å². The third-order valence-corrected chi connectivity index (χ3v) is 4.52. The van der Waals surface area contributed by atoms with Crippen molar-refractivity contribution in [3.63, 3.8) is 0 Å². The minimum Gasteiger partial charge on any atom is -0.494 e. The van der Waals surface area contributed by atoms with Gasteiger partial charge in [0.25, 0.3) is 5.91 Å². The Hall–Kier alpha value is -4.04. The second-order valence-corrected chi connectivity index (χ2v) is 6.89. The molecule has 0 saturated heterocycles. The predicted molar refractivity (Wildman–Crippen MR) is 122 cm³/mol. The van der Waals surface area contributed by atoms with Crippen molar-refractivity contribution in [2.75, 3.05) is 11.9 Å². The highest BCUT2D eigenvalue weighted by Crippen LogP contribution is 2.23. The highest BCUT2D eigenvalue weighted by atomic mass is 16.5. The van der Waals surface area contributed by atoms with Crippen molar-refractivity contribution >= 4 is 17.7 Å². The summed E-state index contributed by atoms with van der Waals surface area (Å²) in [4.78, 5) is 12.6. The molecule has 0 saturated carbocycles. The standard InChI is InChI=1S/C26H24N2O3/c1-3-30-24-14-12-23(13-15-24)28-26(29)22(17-27)16-21-6-4-5-7-25(21)31-18-20-10-8-19(2)9-11-20/h4-16H,3,18H2,1-2H3,(H,28,29)/b22-16+. The van der Waals surface area contributed by atoms with E-state index in [9.17, 15) is 10.1 Å². The summed E-state index contributed by atoms with van der Waals surface area (Å²) in [5.41, 5.74) is 3.45. The number of hydrogen-bond acceptors (Lipinski definition) is 4. The number of carbonyl (C=O) groups is 1. The summed E-state index contributed by atoms with van der Waals surface area (Å²) in [5, 5.41) is 12.3. The minimum atomic E-state index is -0.486. The first-order valence-corrected chi connectivity index (χ1v) is 10.0. The first-order chi connectivity index (χ1) is 15.1. The van der Waals surface area contributed by atoms with Crippen LogP contribution in [0.2, 0.25) is 0 Å². The summed E-state index contributed by atoms with van der Waals surface area (Å²) in [6, 6.07) is 24.4. The summed E-state index contributed by atoms with van der Waals surface area (Å²) < 4.78 is 11.3. The molecule has 0 heterocycles. The maximum atomic E-state index is 12.6. The van der Waals surface area contributed by atoms with Gasteiger partial charge in [-0.15, -0.1) is 0 Å². The van der Waals surface area contributed by atoms with Crippen LogP contribution in [-0.4, -0.2) is 12.5 Å². The number of para-hydroxylation sites is 1. The van der Waals surface area contributed by atoms with Gasteiger partial charge in [-0.25, -0.2) is 0 Å². The lowest BCUT2D eigenvalue weighted by Crippen LogP contribution is -2.13. The number of aryl methyl sites for hydroxylation is 1. The molecule has 3 aromatic carbocycles. The van der Waals surface area contributed by atoms with Crippen LogP contribution in [0.5, 0.6) is 11.5 Å². The Labute approximate surface area is 182 Å². The summed E-state index contributed by atoms with van der Waals surface area (Å²) >= 11 is 0. The highest BCUT2D eigenvalue weighted by molar-refractivity contribution is 6.09. The number of rotatable bonds is 8. The van der Waals surface area contributed by atoms with Crippen molar-refractivity contribution in [1.29, 1.82) is 5.26 Å². The van der Waals surface area contributed by atoms with Crippen molar-refractivity contribution < 1.29 is 14.3 Å². The molecule has 0 aliphatic rings. The molecule has 3 aromatic rings. The van der Waals surface area contributed by atoms with Gasteiger partial charge in [-0.2, -0.15) is 5.26 Å². The molecule has 0 aliphatic heterocycles. The first-order valence-electron chi connectivity index (χ1n) is 10.0. The molecule has 1 N–H and O–H groups in total. The highest BCUT2D eigenvalue weighted by Gasteiger charge is 2.11. The van der Waals surface area contributed by atoms with Crippen molar-refractivity contribution in [3.8, 4) is 17.6 Å². The van der Waals surface area contributed by atoms with Gasteiger partial charge in [0.1, 0.15) is 29.7 Å². The van der Waals surface area contributed by atoms with Gasteiger partial charge < -0.3 is 14.8 Å². The first kappa shape index (κ1) is 21.7. The quantitative estimate of drug-likeness (QED) is 0.391. The maximum Gasteiger partial charge on any atom is 0.266 e. The molecular formula is C26H24N2O3. The van der Waals surface area contributed by atoms with Crippen LogP contribution in [0.3, 0.4) is 0 Å². The number of carbonyl (C=O) groups excluding carboxylic acids is 1. The molecule has 31 heavy (non-hydrogen) atoms. The molecule has 1 amide bonds. The molecule has 0 radical (unpaired) electrons. The number of ether oxygens (including phenoxy) is 2. The van der Waals surface area contributed by atoms with Crippen molar-refractivity contribution in [2.24, 2.45) is 0 Å². The lowest BCUT2D eigenvalue weighted by molar-refractivity contribution is -0.112. The Balaban J connectivity index is 1.73. The Bertz CT molecular complexity index is 1090. The maximum absolute atomic E-state index is 12.6. The van der Waals surface area contributed by atoms with Crippen LogP contribution in [0.15, 0.2) is 78.4 Å². The predicted octanol–water partition coefficient (Wildman–Crippen LogP) is 5.52. The zero-order valence-electron chi connectivity index (χ0n) is 17.6. The lowest BCUT2D eigenvalue weighted by Gasteiger charge is -2.10. The molecule has 0 atom stereocenters. The van der Waals surface area contributed by atoms with Crippen LogP contribution in [0.1, 0.15) is 23.6 Å². The Morgan fingerprint density at radius 2 is 1.71 bits per heavy atom. The number of nitrogens with zero attached hydrogens (tertiary/aromatic N) is 1. The van der Waals surface area contributed by atoms with Crippen molar-refractivity contribution in [3.05, 3.63) is 95.1 Å². The van der Waals surface area contributed by atoms with Gasteiger partial charge in [0.05, 0.1) is 6.61 Å². The van der Waals surface area contributed by atoms with Crippen LogP contribution in [0.4, 0.5) is 5.69 Å². The molecule has 5 heteroatoms. The fourth-order valence-electron chi connectivity index (χ4n) is 2.88. The topological polar surface area (TPSA) is 71.3 Å². The molecule has 0 spiro atoms. The monoisotopic (exact) mass is 412 g/mol. The lowest BCUT2D eigenvalue weighted by atomic mass is 10.1. The smallest absolute Gasteiger partial charge is 0.266 e. The zero-order chi connectivity index (χ0) is 22.1. The van der Waals surface area contributed by atoms with E-state index in [4.69, 9.17) is 9.47 Å². The zero-order valence-corrected chi connectivity index (χ0v) is 17.6. The van der Waals surface area contributed by atoms with E-state index in [0.717, 1.165) is 11.3 Å². The largest absolute Gasteiger partial charge is 0.494 e. The van der Waals surface area contributed by atoms with E-state index in [1.165, 1.54) is 11.6 Å². The van der Waals surface area contributed by atoms with Crippen LogP contribution in [0.25, 0.3) is 6.08 Å². The minimum absolute atomic E-state index is 0.0136. The average molecular weight is 412 g/mol. The fraction of sp³-hybridized carbons (Fsp3) is 0.154. The van der Waals surface area contributed by atoms with Gasteiger partial charge in [-0.3, -0.25) is 4.79 Å². The normalized spacial score (nSPS) is 10.8. The number of nitriles is 1. The molecule has 3 rings (SSSR count). The number of amides is 1. The van der Waals surface area contributed by atoms with Gasteiger partial charge in [0.2, 0.25) is 0 Å². The third-order valence-electron chi connectivity index (χ3n) is 4.52.